The van der Waals surface area contributed by atoms with Crippen molar-refractivity contribution in [2.45, 2.75) is 176 Å². The van der Waals surface area contributed by atoms with Gasteiger partial charge in [0.05, 0.1) is 54.1 Å². The third-order valence-corrected chi connectivity index (χ3v) is 20.1. The van der Waals surface area contributed by atoms with E-state index >= 15 is 0 Å². The molecule has 2 aromatic rings. The number of nitrogens with two attached hydrogens (primary N) is 1. The van der Waals surface area contributed by atoms with E-state index < -0.39 is 140 Å². The summed E-state index contributed by atoms with van der Waals surface area (Å²) in [5, 5.41) is 25.9. The molecular formula is C62H87Br2ClN8O18S. The highest BCUT2D eigenvalue weighted by molar-refractivity contribution is 9.10. The van der Waals surface area contributed by atoms with Gasteiger partial charge >= 0.3 is 18.1 Å². The topological polar surface area (TPSA) is 359 Å². The maximum atomic E-state index is 14.6. The summed E-state index contributed by atoms with van der Waals surface area (Å²) >= 11 is 13.5. The van der Waals surface area contributed by atoms with Crippen LogP contribution in [0.25, 0.3) is 0 Å². The molecule has 0 spiro atoms. The number of carbonyl (C=O) groups is 9. The lowest BCUT2D eigenvalue weighted by molar-refractivity contribution is -0.158. The van der Waals surface area contributed by atoms with Crippen LogP contribution in [-0.4, -0.2) is 196 Å². The molecule has 2 saturated heterocycles. The van der Waals surface area contributed by atoms with Crippen molar-refractivity contribution >= 4 is 119 Å². The Labute approximate surface area is 559 Å². The van der Waals surface area contributed by atoms with Gasteiger partial charge in [-0.1, -0.05) is 88.0 Å². The number of benzene rings is 2. The Hall–Kier alpha value is -6.05. The number of amides is 7. The number of carbonyl (C=O) groups excluding carboxylic acids is 9. The minimum Gasteiger partial charge on any atom is -0.495 e. The first kappa shape index (κ1) is 76.7. The second kappa shape index (κ2) is 33.4. The number of aliphatic hydroxyl groups is 1. The van der Waals surface area contributed by atoms with Crippen molar-refractivity contribution in [2.75, 3.05) is 62.0 Å². The quantitative estimate of drug-likeness (QED) is 0.0179. The molecule has 3 heterocycles. The van der Waals surface area contributed by atoms with Gasteiger partial charge in [-0.25, -0.2) is 22.8 Å². The Morgan fingerprint density at radius 3 is 2.32 bits per heavy atom. The largest absolute Gasteiger partial charge is 0.495 e. The molecule has 26 nitrogen and oxygen atoms in total. The molecular weight excluding hydrogens is 1370 g/mol. The molecule has 0 saturated carbocycles. The number of nitrogens with zero attached hydrogens (tertiary/aromatic N) is 2. The number of esters is 1. The summed E-state index contributed by atoms with van der Waals surface area (Å²) < 4.78 is 62.6. The number of likely N-dealkylation sites (N-methyl/N-ethyl adjacent to an activating group) is 1. The van der Waals surface area contributed by atoms with E-state index in [1.54, 1.807) is 65.0 Å². The van der Waals surface area contributed by atoms with Gasteiger partial charge in [-0.2, -0.15) is 0 Å². The number of rotatable bonds is 28. The van der Waals surface area contributed by atoms with E-state index in [2.05, 4.69) is 58.4 Å². The minimum atomic E-state index is -4.28. The Morgan fingerprint density at radius 2 is 1.72 bits per heavy atom. The van der Waals surface area contributed by atoms with Gasteiger partial charge in [-0.05, 0) is 108 Å². The molecule has 8 N–H and O–H groups in total. The standard InChI is InChI=1S/C62H87Br2ClN8O18S/c1-34(2)52(68-41(30-74)18-14-17-36(4)90-61(31-63,32-64)33-75)55(78)70-43(19-15-23-67-58(66)81)54(77)69-42-22-21-40(27-47(42)92(12,84)85)56(79)72(8)38(6)57(80)89-49-28-50(76)73(9)44-25-39(26-45(86-10)51(44)65)24-35(3)16-13-20-48(87-11)62(83)29-46(88-59(82)71-62)37(5)53-60(49,7)91-53/h13,16,20-22,25-27,30,33-34,36-38,41,43,46,48-49,52-53,68,83H,14-15,17-19,23-24,28-29,31-32H2,1-12H3,(H,69,77)(H,70,78)(H,71,82)(H3,66,67,81)/b20-13+,35-16+/t36?,37-,38+,41?,43+,46+,48-,49+,52+,53+,60+,62+/m1/s1. The molecule has 2 fully saturated rings. The summed E-state index contributed by atoms with van der Waals surface area (Å²) in [6.45, 7) is 11.8. The Kier molecular flexibility index (Phi) is 27.8. The highest BCUT2D eigenvalue weighted by Crippen LogP contribution is 2.49. The lowest BCUT2D eigenvalue weighted by atomic mass is 9.83. The number of fused-ring (bicyclic) bond motifs is 5. The van der Waals surface area contributed by atoms with E-state index in [0.29, 0.717) is 37.5 Å². The second-order valence-corrected chi connectivity index (χ2v) is 27.7. The number of halogens is 3. The van der Waals surface area contributed by atoms with E-state index in [-0.39, 0.29) is 70.3 Å². The first-order chi connectivity index (χ1) is 43.1. The predicted octanol–water partition coefficient (Wildman–Crippen LogP) is 5.59. The maximum Gasteiger partial charge on any atom is 0.409 e. The number of nitrogens with one attached hydrogen (secondary N) is 5. The molecule has 0 aromatic heterocycles. The van der Waals surface area contributed by atoms with Crippen LogP contribution in [0.4, 0.5) is 21.0 Å². The van der Waals surface area contributed by atoms with Gasteiger partial charge in [0.2, 0.25) is 17.7 Å². The Morgan fingerprint density at radius 1 is 1.03 bits per heavy atom. The van der Waals surface area contributed by atoms with Crippen LogP contribution in [0.15, 0.2) is 59.0 Å². The molecule has 92 heavy (non-hydrogen) atoms. The molecule has 0 aliphatic carbocycles. The number of primary amides is 1. The highest BCUT2D eigenvalue weighted by atomic mass is 79.9. The van der Waals surface area contributed by atoms with Gasteiger partial charge in [0.1, 0.15) is 58.7 Å². The van der Waals surface area contributed by atoms with Crippen molar-refractivity contribution in [2.24, 2.45) is 17.6 Å². The number of sulfone groups is 1. The smallest absolute Gasteiger partial charge is 0.409 e. The van der Waals surface area contributed by atoms with Crippen molar-refractivity contribution < 1.29 is 85.1 Å². The van der Waals surface area contributed by atoms with Gasteiger partial charge in [0.15, 0.2) is 21.8 Å². The molecule has 7 amide bonds. The molecule has 30 heteroatoms. The van der Waals surface area contributed by atoms with E-state index in [4.69, 9.17) is 45.8 Å². The average Bonchev–Trinajstić information content (AvgIpc) is 1.56. The van der Waals surface area contributed by atoms with E-state index in [9.17, 15) is 56.7 Å². The minimum absolute atomic E-state index is 0.000953. The van der Waals surface area contributed by atoms with Gasteiger partial charge < -0.3 is 74.6 Å². The van der Waals surface area contributed by atoms with Gasteiger partial charge in [-0.3, -0.25) is 29.8 Å². The monoisotopic (exact) mass is 1460 g/mol. The lowest BCUT2D eigenvalue weighted by Crippen LogP contribution is -2.63. The number of methoxy groups -OCH3 is 2. The number of aldehydes is 2. The first-order valence-electron chi connectivity index (χ1n) is 30.0. The maximum absolute atomic E-state index is 14.6. The normalized spacial score (nSPS) is 24.5. The van der Waals surface area contributed by atoms with Crippen LogP contribution >= 0.6 is 43.5 Å². The number of hydrogen-bond donors (Lipinski definition) is 7. The van der Waals surface area contributed by atoms with Crippen LogP contribution < -0.4 is 42.0 Å². The molecule has 0 radical (unpaired) electrons. The van der Waals surface area contributed by atoms with E-state index in [1.807, 2.05) is 6.92 Å². The highest BCUT2D eigenvalue weighted by Gasteiger charge is 2.64. The van der Waals surface area contributed by atoms with Gasteiger partial charge in [0.25, 0.3) is 5.91 Å². The zero-order valence-corrected chi connectivity index (χ0v) is 58.5. The summed E-state index contributed by atoms with van der Waals surface area (Å²) in [7, 11) is 1.30. The van der Waals surface area contributed by atoms with Crippen LogP contribution in [0.1, 0.15) is 109 Å². The number of alkyl halides is 2. The summed E-state index contributed by atoms with van der Waals surface area (Å²) in [5.74, 6) is -4.85. The Bertz CT molecular complexity index is 3210. The summed E-state index contributed by atoms with van der Waals surface area (Å²) in [6.07, 6.45) is 2.70. The van der Waals surface area contributed by atoms with Crippen molar-refractivity contribution in [3.8, 4) is 5.75 Å². The molecule has 4 bridgehead atoms. The van der Waals surface area contributed by atoms with Crippen LogP contribution in [0.3, 0.4) is 0 Å². The fourth-order valence-electron chi connectivity index (χ4n) is 11.0. The third kappa shape index (κ3) is 19.8. The number of anilines is 2. The zero-order valence-electron chi connectivity index (χ0n) is 53.8. The van der Waals surface area contributed by atoms with Crippen LogP contribution in [-0.2, 0) is 68.7 Å². The lowest BCUT2D eigenvalue weighted by Gasteiger charge is -2.42. The average molecular weight is 1460 g/mol. The molecule has 2 aromatic carbocycles. The Balaban J connectivity index is 1.40. The van der Waals surface area contributed by atoms with Gasteiger partial charge in [-0.15, -0.1) is 0 Å². The number of allylic oxidation sites excluding steroid dienone is 3. The molecule has 5 rings (SSSR count). The molecule has 2 unspecified atom stereocenters. The van der Waals surface area contributed by atoms with Crippen LogP contribution in [0.5, 0.6) is 5.75 Å². The number of alkyl carbamates (subject to hydrolysis) is 1. The molecule has 12 atom stereocenters. The predicted molar refractivity (Wildman–Crippen MR) is 350 cm³/mol. The summed E-state index contributed by atoms with van der Waals surface area (Å²) in [5.41, 5.74) is 2.11. The third-order valence-electron chi connectivity index (χ3n) is 16.7. The zero-order chi connectivity index (χ0) is 68.8. The van der Waals surface area contributed by atoms with Crippen molar-refractivity contribution in [3.63, 3.8) is 0 Å². The van der Waals surface area contributed by atoms with Crippen molar-refractivity contribution in [1.82, 2.24) is 26.2 Å². The summed E-state index contributed by atoms with van der Waals surface area (Å²) in [4.78, 5) is 122. The molecule has 3 aliphatic rings. The SMILES string of the molecule is COc1cc2cc(c1Cl)N(C)C(=O)C[C@H](OC(=O)[C@H](C)N(C)C(=O)c1ccc(NC(=O)[C@H](CCCNC(N)=O)NC(=O)[C@@H](NC(C=O)CCCC(C)OC(C=O)(CBr)CBr)C(C)C)c(S(C)(=O)=O)c1)[C@]1(C)O[C@H]1[C@H](C)[C@@H]1C[C@@](O)(NC(=O)O1)[C@H](OC)/C=C/C=C(\C)C2. The number of epoxide rings is 1. The van der Waals surface area contributed by atoms with Crippen LogP contribution in [0.2, 0.25) is 5.02 Å². The fraction of sp³-hybridized carbons (Fsp3) is 0.597. The van der Waals surface area contributed by atoms with Crippen molar-refractivity contribution in [1.29, 1.82) is 0 Å². The van der Waals surface area contributed by atoms with Crippen LogP contribution in [0, 0.1) is 11.8 Å². The van der Waals surface area contributed by atoms with Crippen molar-refractivity contribution in [3.05, 3.63) is 70.3 Å². The van der Waals surface area contributed by atoms with E-state index in [1.165, 1.54) is 52.3 Å². The first-order valence-corrected chi connectivity index (χ1v) is 34.5. The van der Waals surface area contributed by atoms with Gasteiger partial charge in [0, 0.05) is 62.6 Å². The summed E-state index contributed by atoms with van der Waals surface area (Å²) in [6, 6.07) is 1.40. The molecule has 510 valence electrons. The number of hydrogen-bond acceptors (Lipinski definition) is 19. The number of ether oxygens (including phenoxy) is 6. The van der Waals surface area contributed by atoms with E-state index in [0.717, 1.165) is 29.1 Å². The molecule has 3 aliphatic heterocycles. The number of urea groups is 1. The second-order valence-electron chi connectivity index (χ2n) is 24.2. The fourth-order valence-corrected chi connectivity index (χ4v) is 13.6.